The number of ether oxygens (including phenoxy) is 2. The van der Waals surface area contributed by atoms with Gasteiger partial charge in [0.05, 0.1) is 7.11 Å². The van der Waals surface area contributed by atoms with Gasteiger partial charge in [-0.2, -0.15) is 0 Å². The van der Waals surface area contributed by atoms with Crippen molar-refractivity contribution in [1.29, 1.82) is 0 Å². The summed E-state index contributed by atoms with van der Waals surface area (Å²) in [4.78, 5) is 35.1. The Labute approximate surface area is 128 Å². The van der Waals surface area contributed by atoms with Crippen LogP contribution in [0.3, 0.4) is 0 Å². The summed E-state index contributed by atoms with van der Waals surface area (Å²) < 4.78 is 9.91. The van der Waals surface area contributed by atoms with Gasteiger partial charge in [0.15, 0.2) is 11.8 Å². The molecule has 0 heterocycles. The summed E-state index contributed by atoms with van der Waals surface area (Å²) in [6.07, 6.45) is -0.971. The normalized spacial score (nSPS) is 12.2. The Kier molecular flexibility index (Phi) is 5.50. The van der Waals surface area contributed by atoms with Crippen molar-refractivity contribution in [3.8, 4) is 5.75 Å². The minimum Gasteiger partial charge on any atom is -0.497 e. The molecule has 2 N–H and O–H groups in total. The fourth-order valence-electron chi connectivity index (χ4n) is 1.59. The number of carbonyl (C=O) groups is 3. The maximum absolute atomic E-state index is 12.2. The molecule has 1 atom stereocenters. The van der Waals surface area contributed by atoms with Gasteiger partial charge in [-0.15, -0.1) is 0 Å². The highest BCUT2D eigenvalue weighted by Gasteiger charge is 2.30. The zero-order chi connectivity index (χ0) is 16.9. The average molecular weight is 309 g/mol. The van der Waals surface area contributed by atoms with Crippen LogP contribution in [0.2, 0.25) is 0 Å². The van der Waals surface area contributed by atoms with E-state index in [2.05, 4.69) is 5.32 Å². The van der Waals surface area contributed by atoms with Crippen molar-refractivity contribution in [1.82, 2.24) is 5.32 Å². The van der Waals surface area contributed by atoms with Crippen LogP contribution < -0.4 is 10.1 Å². The molecule has 0 aliphatic rings. The molecule has 0 spiro atoms. The molecule has 1 unspecified atom stereocenters. The van der Waals surface area contributed by atoms with E-state index in [4.69, 9.17) is 14.6 Å². The SMILES string of the molecule is COc1ccc(C(=O)C(NC(=O)OC(C)(C)C)C(=O)O)cc1. The first kappa shape index (κ1) is 17.5. The van der Waals surface area contributed by atoms with Gasteiger partial charge >= 0.3 is 12.1 Å². The molecule has 1 rings (SSSR count). The third-order valence-corrected chi connectivity index (χ3v) is 2.54. The van der Waals surface area contributed by atoms with E-state index in [1.807, 2.05) is 0 Å². The maximum atomic E-state index is 12.2. The van der Waals surface area contributed by atoms with Crippen molar-refractivity contribution in [2.45, 2.75) is 32.4 Å². The smallest absolute Gasteiger partial charge is 0.408 e. The van der Waals surface area contributed by atoms with E-state index in [0.717, 1.165) is 0 Å². The van der Waals surface area contributed by atoms with Gasteiger partial charge in [0.2, 0.25) is 0 Å². The molecule has 7 heteroatoms. The summed E-state index contributed by atoms with van der Waals surface area (Å²) in [5, 5.41) is 11.2. The van der Waals surface area contributed by atoms with Gasteiger partial charge < -0.3 is 19.9 Å². The molecular weight excluding hydrogens is 290 g/mol. The lowest BCUT2D eigenvalue weighted by atomic mass is 10.0. The highest BCUT2D eigenvalue weighted by atomic mass is 16.6. The van der Waals surface area contributed by atoms with Gasteiger partial charge in [-0.25, -0.2) is 9.59 Å². The number of hydrogen-bond donors (Lipinski definition) is 2. The summed E-state index contributed by atoms with van der Waals surface area (Å²) >= 11 is 0. The Morgan fingerprint density at radius 3 is 2.09 bits per heavy atom. The lowest BCUT2D eigenvalue weighted by Crippen LogP contribution is -2.48. The number of nitrogens with one attached hydrogen (secondary N) is 1. The molecule has 7 nitrogen and oxygen atoms in total. The van der Waals surface area contributed by atoms with E-state index >= 15 is 0 Å². The monoisotopic (exact) mass is 309 g/mol. The van der Waals surface area contributed by atoms with Crippen LogP contribution >= 0.6 is 0 Å². The number of alkyl carbamates (subject to hydrolysis) is 1. The third kappa shape index (κ3) is 5.08. The van der Waals surface area contributed by atoms with Gasteiger partial charge in [0, 0.05) is 5.56 Å². The number of hydrogen-bond acceptors (Lipinski definition) is 5. The Bertz CT molecular complexity index is 558. The minimum absolute atomic E-state index is 0.143. The molecule has 0 radical (unpaired) electrons. The topological polar surface area (TPSA) is 102 Å². The predicted molar refractivity (Wildman–Crippen MR) is 78.1 cm³/mol. The molecule has 0 aliphatic heterocycles. The predicted octanol–water partition coefficient (Wildman–Crippen LogP) is 1.86. The average Bonchev–Trinajstić information content (AvgIpc) is 2.42. The summed E-state index contributed by atoms with van der Waals surface area (Å²) in [6.45, 7) is 4.90. The van der Waals surface area contributed by atoms with Gasteiger partial charge in [-0.1, -0.05) is 0 Å². The molecule has 22 heavy (non-hydrogen) atoms. The highest BCUT2D eigenvalue weighted by molar-refractivity contribution is 6.13. The molecule has 0 fully saturated rings. The molecule has 1 aromatic carbocycles. The fourth-order valence-corrected chi connectivity index (χ4v) is 1.59. The second-order valence-corrected chi connectivity index (χ2v) is 5.51. The molecule has 120 valence electrons. The Balaban J connectivity index is 2.88. The fraction of sp³-hybridized carbons (Fsp3) is 0.400. The molecule has 1 aromatic rings. The second kappa shape index (κ2) is 6.93. The minimum atomic E-state index is -1.72. The zero-order valence-corrected chi connectivity index (χ0v) is 12.9. The number of amides is 1. The van der Waals surface area contributed by atoms with Gasteiger partial charge in [-0.3, -0.25) is 4.79 Å². The van der Waals surface area contributed by atoms with Crippen LogP contribution in [-0.2, 0) is 9.53 Å². The summed E-state index contributed by atoms with van der Waals surface area (Å²) in [5.41, 5.74) is -0.653. The van der Waals surface area contributed by atoms with Crippen molar-refractivity contribution in [3.63, 3.8) is 0 Å². The van der Waals surface area contributed by atoms with E-state index in [9.17, 15) is 14.4 Å². The van der Waals surface area contributed by atoms with Crippen molar-refractivity contribution in [2.24, 2.45) is 0 Å². The number of carboxylic acid groups (broad SMARTS) is 1. The van der Waals surface area contributed by atoms with E-state index in [0.29, 0.717) is 5.75 Å². The summed E-state index contributed by atoms with van der Waals surface area (Å²) in [5.74, 6) is -1.68. The standard InChI is InChI=1S/C15H19NO6/c1-15(2,3)22-14(20)16-11(13(18)19)12(17)9-5-7-10(21-4)8-6-9/h5-8,11H,1-4H3,(H,16,20)(H,18,19). The van der Waals surface area contributed by atoms with Crippen molar-refractivity contribution in [3.05, 3.63) is 29.8 Å². The lowest BCUT2D eigenvalue weighted by molar-refractivity contribution is -0.138. The number of Topliss-reactive ketones (excluding diaryl/α,β-unsaturated/α-hetero) is 1. The van der Waals surface area contributed by atoms with Crippen molar-refractivity contribution < 1.29 is 29.0 Å². The Morgan fingerprint density at radius 2 is 1.68 bits per heavy atom. The number of carboxylic acids is 1. The third-order valence-electron chi connectivity index (χ3n) is 2.54. The molecule has 0 aliphatic carbocycles. The first-order valence-electron chi connectivity index (χ1n) is 6.54. The van der Waals surface area contributed by atoms with E-state index in [1.165, 1.54) is 31.4 Å². The van der Waals surface area contributed by atoms with Gasteiger partial charge in [-0.05, 0) is 45.0 Å². The number of aliphatic carboxylic acids is 1. The summed E-state index contributed by atoms with van der Waals surface area (Å²) in [6, 6.07) is 4.18. The Hall–Kier alpha value is -2.57. The number of ketones is 1. The van der Waals surface area contributed by atoms with E-state index in [-0.39, 0.29) is 5.56 Å². The van der Waals surface area contributed by atoms with Gasteiger partial charge in [0.1, 0.15) is 11.4 Å². The largest absolute Gasteiger partial charge is 0.497 e. The van der Waals surface area contributed by atoms with E-state index in [1.54, 1.807) is 20.8 Å². The first-order valence-corrected chi connectivity index (χ1v) is 6.54. The Morgan fingerprint density at radius 1 is 1.14 bits per heavy atom. The molecular formula is C15H19NO6. The quantitative estimate of drug-likeness (QED) is 0.636. The zero-order valence-electron chi connectivity index (χ0n) is 12.9. The first-order chi connectivity index (χ1) is 10.1. The van der Waals surface area contributed by atoms with Crippen LogP contribution in [0.15, 0.2) is 24.3 Å². The molecule has 1 amide bonds. The van der Waals surface area contributed by atoms with Crippen LogP contribution in [0.4, 0.5) is 4.79 Å². The number of carbonyl (C=O) groups excluding carboxylic acids is 2. The molecule has 0 bridgehead atoms. The van der Waals surface area contributed by atoms with Crippen LogP contribution in [0.5, 0.6) is 5.75 Å². The van der Waals surface area contributed by atoms with Crippen LogP contribution in [0.25, 0.3) is 0 Å². The second-order valence-electron chi connectivity index (χ2n) is 5.51. The highest BCUT2D eigenvalue weighted by Crippen LogP contribution is 2.13. The summed E-state index contributed by atoms with van der Waals surface area (Å²) in [7, 11) is 1.47. The van der Waals surface area contributed by atoms with Crippen LogP contribution in [0, 0.1) is 0 Å². The van der Waals surface area contributed by atoms with Crippen LogP contribution in [0.1, 0.15) is 31.1 Å². The van der Waals surface area contributed by atoms with E-state index < -0.39 is 29.5 Å². The van der Waals surface area contributed by atoms with Crippen LogP contribution in [-0.4, -0.2) is 41.7 Å². The maximum Gasteiger partial charge on any atom is 0.408 e. The molecule has 0 saturated heterocycles. The lowest BCUT2D eigenvalue weighted by Gasteiger charge is -2.21. The number of methoxy groups -OCH3 is 1. The number of rotatable bonds is 5. The van der Waals surface area contributed by atoms with Gasteiger partial charge in [0.25, 0.3) is 0 Å². The molecule has 0 aromatic heterocycles. The van der Waals surface area contributed by atoms with Crippen molar-refractivity contribution >= 4 is 17.8 Å². The van der Waals surface area contributed by atoms with Crippen molar-refractivity contribution in [2.75, 3.05) is 7.11 Å². The molecule has 0 saturated carbocycles. The number of benzene rings is 1.